The SMILES string of the molecule is CC[N+](CC)(CCC(=O)OC)S(=O)(=O)NN.[OH-]. The fraction of sp³-hybridized carbons (Fsp3) is 0.875. The number of methoxy groups -OCH3 is 1. The molecule has 0 aliphatic carbocycles. The van der Waals surface area contributed by atoms with Gasteiger partial charge in [0.2, 0.25) is 0 Å². The second-order valence-corrected chi connectivity index (χ2v) is 5.29. The zero-order chi connectivity index (χ0) is 12.8. The molecular weight excluding hydrogens is 250 g/mol. The number of quaternary nitrogens is 1. The summed E-state index contributed by atoms with van der Waals surface area (Å²) in [5.41, 5.74) is 0. The average molecular weight is 271 g/mol. The Morgan fingerprint density at radius 3 is 2.12 bits per heavy atom. The first-order valence-electron chi connectivity index (χ1n) is 5.04. The Balaban J connectivity index is 0. The number of hydrogen-bond acceptors (Lipinski definition) is 6. The van der Waals surface area contributed by atoms with Gasteiger partial charge in [0.15, 0.2) is 0 Å². The van der Waals surface area contributed by atoms with Crippen molar-refractivity contribution in [3.63, 3.8) is 0 Å². The van der Waals surface area contributed by atoms with Crippen LogP contribution in [0.25, 0.3) is 0 Å². The van der Waals surface area contributed by atoms with Crippen molar-refractivity contribution in [2.24, 2.45) is 5.84 Å². The number of rotatable bonds is 7. The van der Waals surface area contributed by atoms with E-state index >= 15 is 0 Å². The van der Waals surface area contributed by atoms with Gasteiger partial charge in [-0.1, -0.05) is 0 Å². The molecule has 0 aromatic rings. The minimum atomic E-state index is -3.67. The average Bonchev–Trinajstić information content (AvgIpc) is 2.30. The molecule has 0 aromatic heterocycles. The predicted molar refractivity (Wildman–Crippen MR) is 61.0 cm³/mol. The predicted octanol–water partition coefficient (Wildman–Crippen LogP) is -1.06. The van der Waals surface area contributed by atoms with Crippen LogP contribution in [-0.2, 0) is 19.7 Å². The van der Waals surface area contributed by atoms with Gasteiger partial charge in [-0.2, -0.15) is 8.42 Å². The molecule has 0 unspecified atom stereocenters. The Hall–Kier alpha value is -0.740. The maximum Gasteiger partial charge on any atom is 0.382 e. The van der Waals surface area contributed by atoms with Crippen LogP contribution in [0.2, 0.25) is 0 Å². The second-order valence-electron chi connectivity index (χ2n) is 3.33. The maximum absolute atomic E-state index is 11.8. The summed E-state index contributed by atoms with van der Waals surface area (Å²) in [7, 11) is -2.40. The molecule has 0 radical (unpaired) electrons. The lowest BCUT2D eigenvalue weighted by atomic mass is 10.4. The van der Waals surface area contributed by atoms with Crippen molar-refractivity contribution in [1.82, 2.24) is 4.83 Å². The van der Waals surface area contributed by atoms with Crippen molar-refractivity contribution in [2.45, 2.75) is 20.3 Å². The van der Waals surface area contributed by atoms with Gasteiger partial charge >= 0.3 is 16.2 Å². The Bertz CT molecular complexity index is 326. The van der Waals surface area contributed by atoms with Crippen LogP contribution in [0.4, 0.5) is 0 Å². The maximum atomic E-state index is 11.8. The van der Waals surface area contributed by atoms with Crippen LogP contribution < -0.4 is 10.7 Å². The van der Waals surface area contributed by atoms with Crippen molar-refractivity contribution in [3.8, 4) is 0 Å². The van der Waals surface area contributed by atoms with Crippen molar-refractivity contribution in [3.05, 3.63) is 0 Å². The highest BCUT2D eigenvalue weighted by Gasteiger charge is 2.38. The molecule has 0 heterocycles. The molecule has 9 heteroatoms. The van der Waals surface area contributed by atoms with Gasteiger partial charge in [-0.05, 0) is 13.8 Å². The van der Waals surface area contributed by atoms with E-state index in [0.717, 1.165) is 0 Å². The minimum absolute atomic E-state index is 0. The molecule has 0 saturated carbocycles. The third-order valence-electron chi connectivity index (χ3n) is 2.76. The molecule has 0 atom stereocenters. The summed E-state index contributed by atoms with van der Waals surface area (Å²) >= 11 is 0. The summed E-state index contributed by atoms with van der Waals surface area (Å²) in [4.78, 5) is 12.8. The summed E-state index contributed by atoms with van der Waals surface area (Å²) in [6.45, 7) is 4.28. The number of nitrogens with zero attached hydrogens (tertiary/aromatic N) is 1. The molecule has 104 valence electrons. The number of hydrazine groups is 1. The summed E-state index contributed by atoms with van der Waals surface area (Å²) in [6, 6.07) is 0. The van der Waals surface area contributed by atoms with Gasteiger partial charge < -0.3 is 10.2 Å². The molecular formula is C8H21N3O5S. The first kappa shape index (κ1) is 18.6. The number of carbonyl (C=O) groups excluding carboxylic acids is 1. The molecule has 0 bridgehead atoms. The van der Waals surface area contributed by atoms with Crippen molar-refractivity contribution < 1.29 is 27.3 Å². The standard InChI is InChI=1S/C8H20N3O4S.H2O/c1-4-11(5-2,16(13,14)10-9)7-6-8(12)15-3;/h10H,4-7,9H2,1-3H3;1H2/q+1;/p-1. The summed E-state index contributed by atoms with van der Waals surface area (Å²) < 4.78 is 27.7. The van der Waals surface area contributed by atoms with Crippen LogP contribution in [0.5, 0.6) is 0 Å². The number of esters is 1. The van der Waals surface area contributed by atoms with Gasteiger partial charge in [-0.25, -0.2) is 3.89 Å². The summed E-state index contributed by atoms with van der Waals surface area (Å²) in [5.74, 6) is 4.58. The Morgan fingerprint density at radius 2 is 1.82 bits per heavy atom. The van der Waals surface area contributed by atoms with E-state index in [9.17, 15) is 13.2 Å². The van der Waals surface area contributed by atoms with E-state index in [1.165, 1.54) is 7.11 Å². The normalized spacial score (nSPS) is 11.8. The van der Waals surface area contributed by atoms with Gasteiger partial charge in [0.25, 0.3) is 0 Å². The highest BCUT2D eigenvalue weighted by atomic mass is 32.2. The first-order valence-corrected chi connectivity index (χ1v) is 6.48. The minimum Gasteiger partial charge on any atom is -0.870 e. The molecule has 0 aliphatic rings. The molecule has 0 amide bonds. The smallest absolute Gasteiger partial charge is 0.382 e. The van der Waals surface area contributed by atoms with E-state index < -0.39 is 16.2 Å². The van der Waals surface area contributed by atoms with Crippen LogP contribution in [0.1, 0.15) is 20.3 Å². The zero-order valence-electron chi connectivity index (χ0n) is 10.3. The van der Waals surface area contributed by atoms with E-state index in [2.05, 4.69) is 4.74 Å². The number of hydrogen-bond donors (Lipinski definition) is 2. The van der Waals surface area contributed by atoms with Gasteiger partial charge in [0.1, 0.15) is 6.54 Å². The highest BCUT2D eigenvalue weighted by molar-refractivity contribution is 7.83. The van der Waals surface area contributed by atoms with E-state index in [-0.39, 0.29) is 22.3 Å². The lowest BCUT2D eigenvalue weighted by Crippen LogP contribution is -2.59. The topological polar surface area (TPSA) is 128 Å². The highest BCUT2D eigenvalue weighted by Crippen LogP contribution is 2.14. The summed E-state index contributed by atoms with van der Waals surface area (Å²) in [6.07, 6.45) is 0.0408. The molecule has 0 aliphatic heterocycles. The molecule has 0 fully saturated rings. The van der Waals surface area contributed by atoms with Crippen LogP contribution >= 0.6 is 0 Å². The van der Waals surface area contributed by atoms with Crippen LogP contribution in [0.15, 0.2) is 0 Å². The third-order valence-corrected chi connectivity index (χ3v) is 4.78. The van der Waals surface area contributed by atoms with E-state index in [1.54, 1.807) is 13.8 Å². The van der Waals surface area contributed by atoms with Gasteiger partial charge in [0.05, 0.1) is 26.6 Å². The Morgan fingerprint density at radius 1 is 1.35 bits per heavy atom. The lowest BCUT2D eigenvalue weighted by molar-refractivity contribution is -0.802. The van der Waals surface area contributed by atoms with E-state index in [1.807, 2.05) is 4.83 Å². The van der Waals surface area contributed by atoms with Gasteiger partial charge in [0, 0.05) is 0 Å². The third kappa shape index (κ3) is 4.21. The van der Waals surface area contributed by atoms with Crippen LogP contribution in [-0.4, -0.2) is 50.5 Å². The van der Waals surface area contributed by atoms with Crippen LogP contribution in [0.3, 0.4) is 0 Å². The first-order chi connectivity index (χ1) is 7.39. The van der Waals surface area contributed by atoms with Crippen molar-refractivity contribution in [2.75, 3.05) is 26.7 Å². The van der Waals surface area contributed by atoms with Crippen LogP contribution in [0, 0.1) is 0 Å². The number of ether oxygens (including phenoxy) is 1. The lowest BCUT2D eigenvalue weighted by Gasteiger charge is -2.33. The van der Waals surface area contributed by atoms with E-state index in [4.69, 9.17) is 5.84 Å². The van der Waals surface area contributed by atoms with Crippen molar-refractivity contribution >= 4 is 16.2 Å². The quantitative estimate of drug-likeness (QED) is 0.263. The molecule has 0 spiro atoms. The molecule has 0 saturated heterocycles. The number of nitrogens with two attached hydrogens (primary N) is 1. The molecule has 4 N–H and O–H groups in total. The molecule has 0 aromatic carbocycles. The number of nitrogens with one attached hydrogen (secondary N) is 1. The molecule has 17 heavy (non-hydrogen) atoms. The number of carbonyl (C=O) groups is 1. The fourth-order valence-electron chi connectivity index (χ4n) is 1.51. The second kappa shape index (κ2) is 7.56. The fourth-order valence-corrected chi connectivity index (χ4v) is 2.74. The summed E-state index contributed by atoms with van der Waals surface area (Å²) in [5, 5.41) is 0. The molecule has 0 rings (SSSR count). The monoisotopic (exact) mass is 271 g/mol. The van der Waals surface area contributed by atoms with Crippen molar-refractivity contribution in [1.29, 1.82) is 0 Å². The Labute approximate surface area is 102 Å². The van der Waals surface area contributed by atoms with Gasteiger partial charge in [-0.3, -0.25) is 10.6 Å². The molecule has 8 nitrogen and oxygen atoms in total. The Kier molecular flexibility index (Phi) is 8.28. The zero-order valence-corrected chi connectivity index (χ0v) is 11.2. The van der Waals surface area contributed by atoms with E-state index in [0.29, 0.717) is 13.1 Å². The largest absolute Gasteiger partial charge is 0.870 e. The van der Waals surface area contributed by atoms with Gasteiger partial charge in [-0.15, -0.1) is 4.83 Å².